The Labute approximate surface area is 192 Å². The Morgan fingerprint density at radius 1 is 1.16 bits per heavy atom. The molecule has 2 aromatic carbocycles. The van der Waals surface area contributed by atoms with E-state index in [0.29, 0.717) is 30.2 Å². The van der Waals surface area contributed by atoms with E-state index >= 15 is 0 Å². The minimum absolute atomic E-state index is 0.118. The summed E-state index contributed by atoms with van der Waals surface area (Å²) in [5.74, 6) is 1.89. The zero-order valence-electron chi connectivity index (χ0n) is 19.5. The number of hydrogen-bond acceptors (Lipinski definition) is 3. The van der Waals surface area contributed by atoms with Gasteiger partial charge in [0.1, 0.15) is 0 Å². The molecule has 168 valence electrons. The smallest absolute Gasteiger partial charge is 0.250 e. The molecule has 1 saturated heterocycles. The number of carbonyl (C=O) groups is 1. The average molecular weight is 430 g/mol. The van der Waals surface area contributed by atoms with Gasteiger partial charge in [-0.3, -0.25) is 14.7 Å². The highest BCUT2D eigenvalue weighted by Gasteiger charge is 2.67. The van der Waals surface area contributed by atoms with Crippen LogP contribution in [0.1, 0.15) is 37.0 Å². The van der Waals surface area contributed by atoms with E-state index in [-0.39, 0.29) is 11.9 Å². The van der Waals surface area contributed by atoms with Gasteiger partial charge in [0, 0.05) is 37.8 Å². The molecule has 4 nitrogen and oxygen atoms in total. The molecule has 5 atom stereocenters. The summed E-state index contributed by atoms with van der Waals surface area (Å²) in [6.45, 7) is 9.23. The van der Waals surface area contributed by atoms with Gasteiger partial charge in [-0.1, -0.05) is 74.0 Å². The fourth-order valence-electron chi connectivity index (χ4n) is 6.55. The number of hydrogen-bond donors (Lipinski definition) is 1. The molecule has 6 rings (SSSR count). The maximum Gasteiger partial charge on any atom is 0.250 e. The molecule has 4 heteroatoms. The highest BCUT2D eigenvalue weighted by atomic mass is 16.2. The van der Waals surface area contributed by atoms with E-state index in [1.165, 1.54) is 11.1 Å². The molecule has 4 bridgehead atoms. The molecule has 2 aromatic rings. The van der Waals surface area contributed by atoms with Gasteiger partial charge in [-0.25, -0.2) is 0 Å². The first kappa shape index (κ1) is 21.4. The number of likely N-dealkylation sites (tertiary alicyclic amines) is 1. The lowest BCUT2D eigenvalue weighted by atomic mass is 9.59. The van der Waals surface area contributed by atoms with Crippen molar-refractivity contribution >= 4 is 12.1 Å². The molecule has 0 aromatic heterocycles. The summed E-state index contributed by atoms with van der Waals surface area (Å²) in [5, 5.41) is 3.29. The van der Waals surface area contributed by atoms with Crippen LogP contribution in [0.15, 0.2) is 59.6 Å². The molecule has 0 radical (unpaired) electrons. The van der Waals surface area contributed by atoms with Crippen molar-refractivity contribution in [3.05, 3.63) is 71.3 Å². The SMILES string of the molecule is Cc1cccc(CNC(=O)C23N=CC4CC2CN(CC(C)C)C3[C@@H]4Cc2ccccc2)c1. The third kappa shape index (κ3) is 3.69. The Bertz CT molecular complexity index is 1000. The van der Waals surface area contributed by atoms with Crippen LogP contribution in [0.25, 0.3) is 0 Å². The highest BCUT2D eigenvalue weighted by Crippen LogP contribution is 2.54. The number of nitrogens with zero attached hydrogens (tertiary/aromatic N) is 2. The third-order valence-electron chi connectivity index (χ3n) is 7.73. The van der Waals surface area contributed by atoms with Crippen molar-refractivity contribution in [2.45, 2.75) is 51.7 Å². The molecule has 1 amide bonds. The number of aryl methyl sites for hydroxylation is 1. The molecule has 1 saturated carbocycles. The lowest BCUT2D eigenvalue weighted by molar-refractivity contribution is -0.132. The number of carbonyl (C=O) groups excluding carboxylic acids is 1. The van der Waals surface area contributed by atoms with E-state index in [0.717, 1.165) is 31.5 Å². The van der Waals surface area contributed by atoms with Crippen molar-refractivity contribution in [3.8, 4) is 0 Å². The van der Waals surface area contributed by atoms with E-state index in [1.54, 1.807) is 0 Å². The van der Waals surface area contributed by atoms with Gasteiger partial charge < -0.3 is 5.32 Å². The molecule has 4 unspecified atom stereocenters. The first-order valence-corrected chi connectivity index (χ1v) is 12.1. The van der Waals surface area contributed by atoms with Gasteiger partial charge in [0.05, 0.1) is 0 Å². The van der Waals surface area contributed by atoms with Gasteiger partial charge in [0.25, 0.3) is 0 Å². The molecular formula is C28H35N3O. The lowest BCUT2D eigenvalue weighted by Gasteiger charge is -2.51. The summed E-state index contributed by atoms with van der Waals surface area (Å²) in [5.41, 5.74) is 3.08. The lowest BCUT2D eigenvalue weighted by Crippen LogP contribution is -2.66. The summed E-state index contributed by atoms with van der Waals surface area (Å²) in [4.78, 5) is 21.5. The highest BCUT2D eigenvalue weighted by molar-refractivity contribution is 5.92. The first-order chi connectivity index (χ1) is 15.5. The maximum atomic E-state index is 13.9. The van der Waals surface area contributed by atoms with E-state index in [1.807, 2.05) is 0 Å². The van der Waals surface area contributed by atoms with Crippen LogP contribution in [0.4, 0.5) is 0 Å². The van der Waals surface area contributed by atoms with Crippen molar-refractivity contribution in [2.75, 3.05) is 13.1 Å². The summed E-state index contributed by atoms with van der Waals surface area (Å²) < 4.78 is 0. The van der Waals surface area contributed by atoms with Gasteiger partial charge in [-0.15, -0.1) is 0 Å². The standard InChI is InChI=1S/C28H35N3O/c1-19(2)17-31-18-24-14-23-16-30-28(24,26(31)25(23)13-21-9-5-4-6-10-21)27(32)29-15-22-11-7-8-20(3)12-22/h4-12,16,19,23-26H,13-15,17-18H2,1-3H3,(H,29,32)/t23?,24?,25-,26?,28?/m1/s1. The second-order valence-corrected chi connectivity index (χ2v) is 10.5. The Hall–Kier alpha value is -2.46. The van der Waals surface area contributed by atoms with Gasteiger partial charge >= 0.3 is 0 Å². The quantitative estimate of drug-likeness (QED) is 0.714. The number of amides is 1. The molecule has 4 aliphatic rings. The maximum absolute atomic E-state index is 13.9. The molecular weight excluding hydrogens is 394 g/mol. The van der Waals surface area contributed by atoms with Crippen LogP contribution in [-0.4, -0.2) is 41.7 Å². The Morgan fingerprint density at radius 3 is 2.69 bits per heavy atom. The molecule has 0 spiro atoms. The van der Waals surface area contributed by atoms with Crippen LogP contribution in [0.3, 0.4) is 0 Å². The predicted molar refractivity (Wildman–Crippen MR) is 130 cm³/mol. The topological polar surface area (TPSA) is 44.7 Å². The zero-order valence-corrected chi connectivity index (χ0v) is 19.5. The van der Waals surface area contributed by atoms with E-state index < -0.39 is 5.54 Å². The van der Waals surface area contributed by atoms with E-state index in [2.05, 4.69) is 91.8 Å². The summed E-state index contributed by atoms with van der Waals surface area (Å²) in [7, 11) is 0. The first-order valence-electron chi connectivity index (χ1n) is 12.1. The van der Waals surface area contributed by atoms with Gasteiger partial charge in [-0.2, -0.15) is 0 Å². The monoisotopic (exact) mass is 429 g/mol. The zero-order chi connectivity index (χ0) is 22.3. The van der Waals surface area contributed by atoms with E-state index in [9.17, 15) is 4.79 Å². The molecule has 3 heterocycles. The average Bonchev–Trinajstić information content (AvgIpc) is 3.03. The Balaban J connectivity index is 1.44. The summed E-state index contributed by atoms with van der Waals surface area (Å²) in [6, 6.07) is 19.3. The molecule has 3 aliphatic heterocycles. The minimum Gasteiger partial charge on any atom is -0.350 e. The van der Waals surface area contributed by atoms with Crippen molar-refractivity contribution in [3.63, 3.8) is 0 Å². The van der Waals surface area contributed by atoms with Gasteiger partial charge in [-0.05, 0) is 48.6 Å². The van der Waals surface area contributed by atoms with Crippen molar-refractivity contribution in [1.82, 2.24) is 10.2 Å². The van der Waals surface area contributed by atoms with Crippen LogP contribution in [0.2, 0.25) is 0 Å². The van der Waals surface area contributed by atoms with Crippen molar-refractivity contribution in [1.29, 1.82) is 0 Å². The fraction of sp³-hybridized carbons (Fsp3) is 0.500. The van der Waals surface area contributed by atoms with Gasteiger partial charge in [0.2, 0.25) is 5.91 Å². The fourth-order valence-corrected chi connectivity index (χ4v) is 6.55. The Kier molecular flexibility index (Phi) is 5.66. The number of aliphatic imine (C=N–C) groups is 1. The predicted octanol–water partition coefficient (Wildman–Crippen LogP) is 4.27. The minimum atomic E-state index is -0.646. The molecule has 1 N–H and O–H groups in total. The van der Waals surface area contributed by atoms with Crippen LogP contribution >= 0.6 is 0 Å². The van der Waals surface area contributed by atoms with Crippen LogP contribution in [-0.2, 0) is 17.8 Å². The van der Waals surface area contributed by atoms with Crippen LogP contribution < -0.4 is 5.32 Å². The third-order valence-corrected chi connectivity index (χ3v) is 7.73. The van der Waals surface area contributed by atoms with Crippen LogP contribution in [0.5, 0.6) is 0 Å². The molecule has 2 fully saturated rings. The largest absolute Gasteiger partial charge is 0.350 e. The van der Waals surface area contributed by atoms with Crippen molar-refractivity contribution < 1.29 is 4.79 Å². The molecule has 32 heavy (non-hydrogen) atoms. The number of rotatable bonds is 7. The number of nitrogens with one attached hydrogen (secondary N) is 1. The normalized spacial score (nSPS) is 30.8. The Morgan fingerprint density at radius 2 is 1.94 bits per heavy atom. The number of benzene rings is 2. The summed E-state index contributed by atoms with van der Waals surface area (Å²) in [6.07, 6.45) is 4.21. The van der Waals surface area contributed by atoms with E-state index in [4.69, 9.17) is 4.99 Å². The second-order valence-electron chi connectivity index (χ2n) is 10.5. The second kappa shape index (κ2) is 8.47. The van der Waals surface area contributed by atoms with Crippen molar-refractivity contribution in [2.24, 2.45) is 28.7 Å². The van der Waals surface area contributed by atoms with Crippen LogP contribution in [0, 0.1) is 30.6 Å². The molecule has 1 aliphatic carbocycles. The van der Waals surface area contributed by atoms with Gasteiger partial charge in [0.15, 0.2) is 5.54 Å². The summed E-state index contributed by atoms with van der Waals surface area (Å²) >= 11 is 0.